The molecule has 4 aromatic rings. The first-order valence-electron chi connectivity index (χ1n) is 11.9. The summed E-state index contributed by atoms with van der Waals surface area (Å²) in [5, 5.41) is 8.00. The van der Waals surface area contributed by atoms with E-state index in [-0.39, 0.29) is 17.2 Å². The Morgan fingerprint density at radius 2 is 1.57 bits per heavy atom. The van der Waals surface area contributed by atoms with Crippen LogP contribution in [0.3, 0.4) is 0 Å². The summed E-state index contributed by atoms with van der Waals surface area (Å²) in [5.74, 6) is -0.293. The van der Waals surface area contributed by atoms with Crippen LogP contribution in [0.4, 0.5) is 13.2 Å². The number of nitrogens with zero attached hydrogens (tertiary/aromatic N) is 3. The molecular formula is C27H24F3N3O2. The molecule has 6 rings (SSSR count). The Morgan fingerprint density at radius 3 is 2.34 bits per heavy atom. The summed E-state index contributed by atoms with van der Waals surface area (Å²) in [5.41, 5.74) is 3.54. The number of hydrogen-bond donors (Lipinski definition) is 0. The topological polar surface area (TPSA) is 55.3 Å². The zero-order valence-corrected chi connectivity index (χ0v) is 19.1. The third-order valence-corrected chi connectivity index (χ3v) is 6.94. The smallest absolute Gasteiger partial charge is 0.355 e. The molecule has 0 saturated carbocycles. The van der Waals surface area contributed by atoms with Crippen LogP contribution in [0.25, 0.3) is 34.0 Å². The van der Waals surface area contributed by atoms with Gasteiger partial charge in [-0.1, -0.05) is 65.3 Å². The van der Waals surface area contributed by atoms with E-state index in [9.17, 15) is 13.2 Å². The molecule has 1 aliphatic heterocycles. The van der Waals surface area contributed by atoms with Crippen molar-refractivity contribution in [1.82, 2.24) is 15.2 Å². The van der Waals surface area contributed by atoms with Gasteiger partial charge in [-0.25, -0.2) is 0 Å². The molecule has 0 unspecified atom stereocenters. The van der Waals surface area contributed by atoms with E-state index in [1.54, 1.807) is 30.3 Å². The lowest BCUT2D eigenvalue weighted by Gasteiger charge is -2.27. The molecule has 0 amide bonds. The first kappa shape index (κ1) is 22.1. The molecule has 1 saturated heterocycles. The molecule has 1 fully saturated rings. The van der Waals surface area contributed by atoms with E-state index in [4.69, 9.17) is 9.05 Å². The van der Waals surface area contributed by atoms with Crippen LogP contribution in [0.5, 0.6) is 0 Å². The molecule has 1 aliphatic carbocycles. The predicted octanol–water partition coefficient (Wildman–Crippen LogP) is 6.77. The number of alkyl halides is 3. The number of likely N-dealkylation sites (tertiary alicyclic amines) is 1. The van der Waals surface area contributed by atoms with Gasteiger partial charge in [-0.05, 0) is 49.9 Å². The van der Waals surface area contributed by atoms with Crippen LogP contribution in [0.1, 0.15) is 41.5 Å². The Labute approximate surface area is 200 Å². The SMILES string of the molecule is FC(F)(F)c1c(-c2onc3c2CCc2cc(CN4CCCCC4)ccc2-3)noc1-c1ccccc1. The number of aryl methyl sites for hydroxylation is 1. The van der Waals surface area contributed by atoms with Gasteiger partial charge in [0.15, 0.2) is 17.2 Å². The van der Waals surface area contributed by atoms with Crippen LogP contribution < -0.4 is 0 Å². The summed E-state index contributed by atoms with van der Waals surface area (Å²) in [6.45, 7) is 3.16. The maximum atomic E-state index is 14.2. The highest BCUT2D eigenvalue weighted by Crippen LogP contribution is 2.46. The molecule has 0 bridgehead atoms. The standard InChI is InChI=1S/C27H24F3N3O2/c28-27(29,30)22-24(32-34-25(22)18-7-3-1-4-8-18)26-21-12-10-19-15-17(16-33-13-5-2-6-14-33)9-11-20(19)23(21)31-35-26/h1,3-4,7-9,11,15H,2,5-6,10,12-14,16H2. The van der Waals surface area contributed by atoms with Crippen molar-refractivity contribution in [2.45, 2.75) is 44.8 Å². The molecule has 0 radical (unpaired) electrons. The van der Waals surface area contributed by atoms with Crippen molar-refractivity contribution in [2.75, 3.05) is 13.1 Å². The number of benzene rings is 2. The van der Waals surface area contributed by atoms with E-state index in [0.29, 0.717) is 29.7 Å². The second-order valence-corrected chi connectivity index (χ2v) is 9.27. The van der Waals surface area contributed by atoms with E-state index in [0.717, 1.165) is 30.8 Å². The van der Waals surface area contributed by atoms with Crippen LogP contribution in [0.2, 0.25) is 0 Å². The number of rotatable bonds is 4. The van der Waals surface area contributed by atoms with E-state index >= 15 is 0 Å². The summed E-state index contributed by atoms with van der Waals surface area (Å²) in [6, 6.07) is 14.5. The van der Waals surface area contributed by atoms with Crippen LogP contribution in [-0.2, 0) is 25.6 Å². The monoisotopic (exact) mass is 479 g/mol. The molecule has 35 heavy (non-hydrogen) atoms. The molecule has 0 spiro atoms. The van der Waals surface area contributed by atoms with Gasteiger partial charge >= 0.3 is 6.18 Å². The average molecular weight is 480 g/mol. The number of halogens is 3. The van der Waals surface area contributed by atoms with Gasteiger partial charge in [-0.15, -0.1) is 0 Å². The highest BCUT2D eigenvalue weighted by atomic mass is 19.4. The van der Waals surface area contributed by atoms with Crippen LogP contribution in [0.15, 0.2) is 57.6 Å². The molecule has 8 heteroatoms. The van der Waals surface area contributed by atoms with Crippen molar-refractivity contribution >= 4 is 0 Å². The van der Waals surface area contributed by atoms with Gasteiger partial charge in [0.25, 0.3) is 0 Å². The van der Waals surface area contributed by atoms with Crippen molar-refractivity contribution in [3.05, 3.63) is 70.8 Å². The van der Waals surface area contributed by atoms with Gasteiger partial charge in [0, 0.05) is 23.2 Å². The average Bonchev–Trinajstić information content (AvgIpc) is 3.50. The quantitative estimate of drug-likeness (QED) is 0.323. The second kappa shape index (κ2) is 8.68. The molecule has 2 aromatic heterocycles. The van der Waals surface area contributed by atoms with Crippen LogP contribution in [0, 0.1) is 0 Å². The first-order chi connectivity index (χ1) is 17.0. The predicted molar refractivity (Wildman–Crippen MR) is 124 cm³/mol. The largest absolute Gasteiger partial charge is 0.422 e. The van der Waals surface area contributed by atoms with Crippen LogP contribution >= 0.6 is 0 Å². The van der Waals surface area contributed by atoms with Crippen molar-refractivity contribution in [3.8, 4) is 34.0 Å². The van der Waals surface area contributed by atoms with Gasteiger partial charge in [0.1, 0.15) is 11.3 Å². The Kier molecular flexibility index (Phi) is 5.48. The summed E-state index contributed by atoms with van der Waals surface area (Å²) in [7, 11) is 0. The van der Waals surface area contributed by atoms with Crippen molar-refractivity contribution in [2.24, 2.45) is 0 Å². The number of fused-ring (bicyclic) bond motifs is 3. The summed E-state index contributed by atoms with van der Waals surface area (Å²) >= 11 is 0. The lowest BCUT2D eigenvalue weighted by atomic mass is 9.87. The minimum Gasteiger partial charge on any atom is -0.355 e. The van der Waals surface area contributed by atoms with Gasteiger partial charge in [-0.3, -0.25) is 4.90 Å². The molecular weight excluding hydrogens is 455 g/mol. The minimum absolute atomic E-state index is 0.0290. The van der Waals surface area contributed by atoms with Crippen molar-refractivity contribution in [1.29, 1.82) is 0 Å². The number of hydrogen-bond acceptors (Lipinski definition) is 5. The second-order valence-electron chi connectivity index (χ2n) is 9.27. The van der Waals surface area contributed by atoms with E-state index in [1.807, 2.05) is 6.07 Å². The Morgan fingerprint density at radius 1 is 0.829 bits per heavy atom. The molecule has 3 heterocycles. The van der Waals surface area contributed by atoms with Crippen molar-refractivity contribution in [3.63, 3.8) is 0 Å². The Balaban J connectivity index is 1.37. The van der Waals surface area contributed by atoms with E-state index < -0.39 is 11.7 Å². The highest BCUT2D eigenvalue weighted by molar-refractivity contribution is 5.79. The molecule has 0 atom stereocenters. The highest BCUT2D eigenvalue weighted by Gasteiger charge is 2.43. The zero-order valence-electron chi connectivity index (χ0n) is 19.1. The lowest BCUT2D eigenvalue weighted by molar-refractivity contribution is -0.136. The summed E-state index contributed by atoms with van der Waals surface area (Å²) < 4.78 is 53.2. The summed E-state index contributed by atoms with van der Waals surface area (Å²) in [4.78, 5) is 2.47. The number of aromatic nitrogens is 2. The van der Waals surface area contributed by atoms with Gasteiger partial charge in [0.05, 0.1) is 0 Å². The van der Waals surface area contributed by atoms with Crippen molar-refractivity contribution < 1.29 is 22.2 Å². The molecule has 0 N–H and O–H groups in total. The molecule has 180 valence electrons. The molecule has 2 aromatic carbocycles. The molecule has 2 aliphatic rings. The Hall–Kier alpha value is -3.39. The molecule has 5 nitrogen and oxygen atoms in total. The third-order valence-electron chi connectivity index (χ3n) is 6.94. The fourth-order valence-electron chi connectivity index (χ4n) is 5.25. The lowest BCUT2D eigenvalue weighted by Crippen LogP contribution is -2.29. The zero-order chi connectivity index (χ0) is 24.0. The van der Waals surface area contributed by atoms with Gasteiger partial charge in [0.2, 0.25) is 0 Å². The fraction of sp³-hybridized carbons (Fsp3) is 0.333. The maximum absolute atomic E-state index is 14.2. The van der Waals surface area contributed by atoms with Gasteiger partial charge in [-0.2, -0.15) is 13.2 Å². The normalized spacial score (nSPS) is 16.2. The maximum Gasteiger partial charge on any atom is 0.422 e. The van der Waals surface area contributed by atoms with E-state index in [2.05, 4.69) is 27.3 Å². The third kappa shape index (κ3) is 4.05. The minimum atomic E-state index is -4.67. The van der Waals surface area contributed by atoms with Crippen LogP contribution in [-0.4, -0.2) is 28.3 Å². The van der Waals surface area contributed by atoms with E-state index in [1.165, 1.54) is 24.8 Å². The number of piperidine rings is 1. The fourth-order valence-corrected chi connectivity index (χ4v) is 5.25. The summed E-state index contributed by atoms with van der Waals surface area (Å²) in [6.07, 6.45) is 0.338. The Bertz CT molecular complexity index is 1350. The van der Waals surface area contributed by atoms with Gasteiger partial charge < -0.3 is 9.05 Å². The first-order valence-corrected chi connectivity index (χ1v) is 11.9.